The second kappa shape index (κ2) is 7.70. The van der Waals surface area contributed by atoms with Crippen molar-refractivity contribution in [2.45, 2.75) is 23.0 Å². The van der Waals surface area contributed by atoms with Crippen LogP contribution in [0.15, 0.2) is 41.3 Å². The third kappa shape index (κ3) is 3.99. The van der Waals surface area contributed by atoms with Gasteiger partial charge in [0, 0.05) is 29.9 Å². The highest BCUT2D eigenvalue weighted by molar-refractivity contribution is 8.01. The number of nitrogens with one attached hydrogen (secondary N) is 2. The summed E-state index contributed by atoms with van der Waals surface area (Å²) in [5.74, 6) is 0.636. The summed E-state index contributed by atoms with van der Waals surface area (Å²) in [4.78, 5) is 25.7. The van der Waals surface area contributed by atoms with Gasteiger partial charge in [-0.15, -0.1) is 11.8 Å². The van der Waals surface area contributed by atoms with Crippen LogP contribution in [0.4, 0.5) is 11.4 Å². The minimum Gasteiger partial charge on any atom is -0.490 e. The highest BCUT2D eigenvalue weighted by Gasteiger charge is 2.29. The Bertz CT molecular complexity index is 905. The van der Waals surface area contributed by atoms with Crippen LogP contribution in [0, 0.1) is 0 Å². The van der Waals surface area contributed by atoms with Gasteiger partial charge in [-0.1, -0.05) is 23.7 Å². The van der Waals surface area contributed by atoms with Crippen LogP contribution in [0.2, 0.25) is 5.02 Å². The number of thioether (sulfide) groups is 1. The average molecular weight is 405 g/mol. The van der Waals surface area contributed by atoms with E-state index in [0.29, 0.717) is 35.4 Å². The van der Waals surface area contributed by atoms with Gasteiger partial charge in [0.15, 0.2) is 11.5 Å². The quantitative estimate of drug-likeness (QED) is 0.810. The highest BCUT2D eigenvalue weighted by atomic mass is 35.5. The molecule has 8 heteroatoms. The lowest BCUT2D eigenvalue weighted by atomic mass is 10.2. The average Bonchev–Trinajstić information content (AvgIpc) is 2.87. The number of carbonyl (C=O) groups excluding carboxylic acids is 2. The fourth-order valence-corrected chi connectivity index (χ4v) is 4.19. The second-order valence-corrected chi connectivity index (χ2v) is 7.83. The number of amides is 2. The van der Waals surface area contributed by atoms with E-state index in [1.54, 1.807) is 12.1 Å². The molecule has 140 valence electrons. The highest BCUT2D eigenvalue weighted by Crippen LogP contribution is 2.39. The molecule has 1 atom stereocenters. The fourth-order valence-electron chi connectivity index (χ4n) is 2.88. The number of carbonyl (C=O) groups is 2. The molecule has 0 saturated carbocycles. The largest absolute Gasteiger partial charge is 0.490 e. The maximum atomic E-state index is 12.5. The van der Waals surface area contributed by atoms with E-state index in [9.17, 15) is 9.59 Å². The fraction of sp³-hybridized carbons (Fsp3) is 0.263. The second-order valence-electron chi connectivity index (χ2n) is 6.17. The number of halogens is 1. The van der Waals surface area contributed by atoms with E-state index in [2.05, 4.69) is 10.6 Å². The van der Waals surface area contributed by atoms with Crippen LogP contribution in [0.3, 0.4) is 0 Å². The van der Waals surface area contributed by atoms with Crippen LogP contribution < -0.4 is 20.1 Å². The molecule has 0 aromatic heterocycles. The maximum Gasteiger partial charge on any atom is 0.238 e. The minimum atomic E-state index is -0.501. The predicted octanol–water partition coefficient (Wildman–Crippen LogP) is 3.94. The Morgan fingerprint density at radius 3 is 2.78 bits per heavy atom. The van der Waals surface area contributed by atoms with Gasteiger partial charge in [-0.05, 0) is 12.1 Å². The summed E-state index contributed by atoms with van der Waals surface area (Å²) < 4.78 is 11.2. The number of hydrogen-bond acceptors (Lipinski definition) is 5. The summed E-state index contributed by atoms with van der Waals surface area (Å²) in [6, 6.07) is 10.8. The summed E-state index contributed by atoms with van der Waals surface area (Å²) in [6.45, 7) is 1.10. The van der Waals surface area contributed by atoms with Crippen LogP contribution in [-0.4, -0.2) is 30.3 Å². The van der Waals surface area contributed by atoms with Crippen LogP contribution >= 0.6 is 23.4 Å². The summed E-state index contributed by atoms with van der Waals surface area (Å²) in [6.07, 6.45) is 0.819. The minimum absolute atomic E-state index is 0.0373. The first-order chi connectivity index (χ1) is 13.1. The van der Waals surface area contributed by atoms with Crippen molar-refractivity contribution in [1.29, 1.82) is 0 Å². The molecular formula is C19H17ClN2O4S. The number of para-hydroxylation sites is 1. The van der Waals surface area contributed by atoms with E-state index in [0.717, 1.165) is 17.0 Å². The maximum absolute atomic E-state index is 12.5. The van der Waals surface area contributed by atoms with E-state index in [-0.39, 0.29) is 18.2 Å². The molecule has 2 amide bonds. The Hall–Kier alpha value is -2.38. The van der Waals surface area contributed by atoms with Crippen LogP contribution in [0.25, 0.3) is 0 Å². The van der Waals surface area contributed by atoms with Gasteiger partial charge in [0.05, 0.1) is 34.9 Å². The molecule has 0 aliphatic carbocycles. The SMILES string of the molecule is O=C(CC1Sc2ccccc2NC1=O)Nc1cc2c(cc1Cl)OCCCO2. The Morgan fingerprint density at radius 1 is 1.22 bits per heavy atom. The zero-order valence-electron chi connectivity index (χ0n) is 14.3. The molecule has 0 bridgehead atoms. The molecule has 2 aliphatic heterocycles. The van der Waals surface area contributed by atoms with Crippen molar-refractivity contribution in [1.82, 2.24) is 0 Å². The lowest BCUT2D eigenvalue weighted by molar-refractivity contribution is -0.120. The van der Waals surface area contributed by atoms with Crippen molar-refractivity contribution >= 4 is 46.6 Å². The zero-order valence-corrected chi connectivity index (χ0v) is 15.9. The lowest BCUT2D eigenvalue weighted by Gasteiger charge is -2.23. The summed E-state index contributed by atoms with van der Waals surface area (Å²) >= 11 is 7.65. The van der Waals surface area contributed by atoms with E-state index in [1.807, 2.05) is 24.3 Å². The van der Waals surface area contributed by atoms with Gasteiger partial charge in [0.2, 0.25) is 11.8 Å². The molecule has 0 spiro atoms. The molecule has 2 N–H and O–H groups in total. The van der Waals surface area contributed by atoms with Gasteiger partial charge in [-0.25, -0.2) is 0 Å². The molecule has 0 radical (unpaired) electrons. The topological polar surface area (TPSA) is 76.7 Å². The van der Waals surface area contributed by atoms with Crippen LogP contribution in [-0.2, 0) is 9.59 Å². The Labute approximate surface area is 165 Å². The van der Waals surface area contributed by atoms with Crippen LogP contribution in [0.5, 0.6) is 11.5 Å². The molecule has 2 aromatic carbocycles. The van der Waals surface area contributed by atoms with Gasteiger partial charge >= 0.3 is 0 Å². The first kappa shape index (κ1) is 18.0. The zero-order chi connectivity index (χ0) is 18.8. The Kier molecular flexibility index (Phi) is 5.13. The van der Waals surface area contributed by atoms with Crippen molar-refractivity contribution in [3.8, 4) is 11.5 Å². The molecule has 2 heterocycles. The molecule has 4 rings (SSSR count). The summed E-state index contributed by atoms with van der Waals surface area (Å²) in [5.41, 5.74) is 1.21. The number of ether oxygens (including phenoxy) is 2. The van der Waals surface area contributed by atoms with E-state index in [1.165, 1.54) is 11.8 Å². The predicted molar refractivity (Wildman–Crippen MR) is 105 cm³/mol. The van der Waals surface area contributed by atoms with Gasteiger partial charge in [-0.2, -0.15) is 0 Å². The first-order valence-corrected chi connectivity index (χ1v) is 9.81. The molecule has 1 unspecified atom stereocenters. The molecule has 2 aliphatic rings. The van der Waals surface area contributed by atoms with Crippen molar-refractivity contribution in [2.24, 2.45) is 0 Å². The van der Waals surface area contributed by atoms with Gasteiger partial charge in [0.1, 0.15) is 0 Å². The number of rotatable bonds is 3. The smallest absolute Gasteiger partial charge is 0.238 e. The van der Waals surface area contributed by atoms with Crippen LogP contribution in [0.1, 0.15) is 12.8 Å². The number of anilines is 2. The summed E-state index contributed by atoms with van der Waals surface area (Å²) in [5, 5.41) is 5.47. The van der Waals surface area contributed by atoms with Gasteiger partial charge in [0.25, 0.3) is 0 Å². The number of hydrogen-bond donors (Lipinski definition) is 2. The normalized spacial score (nSPS) is 18.1. The molecular weight excluding hydrogens is 388 g/mol. The summed E-state index contributed by atoms with van der Waals surface area (Å²) in [7, 11) is 0. The first-order valence-electron chi connectivity index (χ1n) is 8.56. The van der Waals surface area contributed by atoms with Crippen molar-refractivity contribution < 1.29 is 19.1 Å². The van der Waals surface area contributed by atoms with Gasteiger partial charge < -0.3 is 20.1 Å². The molecule has 2 aromatic rings. The molecule has 0 fully saturated rings. The van der Waals surface area contributed by atoms with E-state index in [4.69, 9.17) is 21.1 Å². The Balaban J connectivity index is 1.45. The third-order valence-corrected chi connectivity index (χ3v) is 5.78. The Morgan fingerprint density at radius 2 is 1.96 bits per heavy atom. The van der Waals surface area contributed by atoms with Crippen molar-refractivity contribution in [3.05, 3.63) is 41.4 Å². The monoisotopic (exact) mass is 404 g/mol. The molecule has 27 heavy (non-hydrogen) atoms. The third-order valence-electron chi connectivity index (χ3n) is 4.19. The number of fused-ring (bicyclic) bond motifs is 2. The van der Waals surface area contributed by atoms with E-state index >= 15 is 0 Å². The molecule has 0 saturated heterocycles. The van der Waals surface area contributed by atoms with Crippen molar-refractivity contribution in [3.63, 3.8) is 0 Å². The lowest BCUT2D eigenvalue weighted by Crippen LogP contribution is -2.32. The van der Waals surface area contributed by atoms with Gasteiger partial charge in [-0.3, -0.25) is 9.59 Å². The van der Waals surface area contributed by atoms with Crippen molar-refractivity contribution in [2.75, 3.05) is 23.8 Å². The molecule has 6 nitrogen and oxygen atoms in total. The van der Waals surface area contributed by atoms with E-state index < -0.39 is 5.25 Å². The number of benzene rings is 2. The standard InChI is InChI=1S/C19H17ClN2O4S/c20-11-8-14-15(26-7-3-6-25-14)9-13(11)21-18(23)10-17-19(24)22-12-4-1-2-5-16(12)27-17/h1-2,4-5,8-9,17H,3,6-7,10H2,(H,21,23)(H,22,24).